The van der Waals surface area contributed by atoms with Gasteiger partial charge in [-0.15, -0.1) is 0 Å². The molecule has 3 rings (SSSR count). The van der Waals surface area contributed by atoms with Crippen molar-refractivity contribution in [3.05, 3.63) is 0 Å². The van der Waals surface area contributed by atoms with Crippen molar-refractivity contribution < 1.29 is 0 Å². The van der Waals surface area contributed by atoms with Gasteiger partial charge < -0.3 is 0 Å². The van der Waals surface area contributed by atoms with Crippen molar-refractivity contribution >= 4 is 0 Å². The summed E-state index contributed by atoms with van der Waals surface area (Å²) in [6.45, 7) is 20.7. The SMILES string of the molecule is CCCC1CC(C)CCC1(C)C1CC2CCC(C)(C)C(C)C2(C)C1C. The molecule has 0 aromatic carbocycles. The van der Waals surface area contributed by atoms with Gasteiger partial charge in [0.15, 0.2) is 0 Å². The first-order valence-electron chi connectivity index (χ1n) is 11.6. The molecule has 0 bridgehead atoms. The molecule has 8 atom stereocenters. The molecule has 0 aromatic heterocycles. The van der Waals surface area contributed by atoms with Crippen molar-refractivity contribution in [3.63, 3.8) is 0 Å². The highest BCUT2D eigenvalue weighted by Gasteiger charge is 2.61. The number of hydrogen-bond donors (Lipinski definition) is 0. The summed E-state index contributed by atoms with van der Waals surface area (Å²) in [5, 5.41) is 0. The number of hydrogen-bond acceptors (Lipinski definition) is 0. The Labute approximate surface area is 158 Å². The van der Waals surface area contributed by atoms with Crippen molar-refractivity contribution in [2.75, 3.05) is 0 Å². The Hall–Kier alpha value is 0. The predicted octanol–water partition coefficient (Wildman–Crippen LogP) is 7.96. The smallest absolute Gasteiger partial charge is 0.0238 e. The van der Waals surface area contributed by atoms with Crippen LogP contribution in [0.3, 0.4) is 0 Å². The summed E-state index contributed by atoms with van der Waals surface area (Å²) in [5.41, 5.74) is 1.70. The highest BCUT2D eigenvalue weighted by molar-refractivity contribution is 5.10. The molecule has 0 aliphatic heterocycles. The fraction of sp³-hybridized carbons (Fsp3) is 1.00. The molecule has 3 fully saturated rings. The lowest BCUT2D eigenvalue weighted by Gasteiger charge is -2.55. The summed E-state index contributed by atoms with van der Waals surface area (Å²) in [6.07, 6.45) is 11.8. The van der Waals surface area contributed by atoms with Gasteiger partial charge in [-0.3, -0.25) is 0 Å². The van der Waals surface area contributed by atoms with Crippen LogP contribution in [0.25, 0.3) is 0 Å². The normalized spacial score (nSPS) is 52.8. The quantitative estimate of drug-likeness (QED) is 0.486. The van der Waals surface area contributed by atoms with Gasteiger partial charge in [-0.25, -0.2) is 0 Å². The van der Waals surface area contributed by atoms with E-state index in [-0.39, 0.29) is 0 Å². The molecular weight excluding hydrogens is 300 g/mol. The van der Waals surface area contributed by atoms with E-state index in [1.807, 2.05) is 0 Å². The van der Waals surface area contributed by atoms with Crippen LogP contribution in [0.2, 0.25) is 0 Å². The standard InChI is InChI=1S/C25H46/c1-9-10-20-15-17(2)11-14-24(20,7)22-16-21-12-13-23(5,6)19(4)25(21,8)18(22)3/h17-22H,9-16H2,1-8H3. The molecule has 0 nitrogen and oxygen atoms in total. The Kier molecular flexibility index (Phi) is 5.18. The van der Waals surface area contributed by atoms with Crippen LogP contribution in [0.1, 0.15) is 107 Å². The maximum Gasteiger partial charge on any atom is -0.0238 e. The summed E-state index contributed by atoms with van der Waals surface area (Å²) >= 11 is 0. The molecule has 146 valence electrons. The van der Waals surface area contributed by atoms with Gasteiger partial charge in [0, 0.05) is 0 Å². The monoisotopic (exact) mass is 346 g/mol. The molecule has 0 amide bonds. The molecule has 25 heavy (non-hydrogen) atoms. The summed E-state index contributed by atoms with van der Waals surface area (Å²) in [4.78, 5) is 0. The molecule has 0 N–H and O–H groups in total. The Balaban J connectivity index is 1.91. The maximum absolute atomic E-state index is 2.72. The number of rotatable bonds is 3. The largest absolute Gasteiger partial charge is 0.0654 e. The lowest BCUT2D eigenvalue weighted by molar-refractivity contribution is -0.0617. The van der Waals surface area contributed by atoms with E-state index in [2.05, 4.69) is 55.4 Å². The van der Waals surface area contributed by atoms with E-state index >= 15 is 0 Å². The van der Waals surface area contributed by atoms with E-state index in [9.17, 15) is 0 Å². The van der Waals surface area contributed by atoms with Gasteiger partial charge in [0.2, 0.25) is 0 Å². The van der Waals surface area contributed by atoms with Crippen molar-refractivity contribution in [2.24, 2.45) is 51.8 Å². The van der Waals surface area contributed by atoms with Crippen molar-refractivity contribution in [1.29, 1.82) is 0 Å². The van der Waals surface area contributed by atoms with Crippen LogP contribution in [0, 0.1) is 51.8 Å². The minimum Gasteiger partial charge on any atom is -0.0654 e. The third-order valence-electron chi connectivity index (χ3n) is 10.5. The second kappa shape index (κ2) is 6.56. The van der Waals surface area contributed by atoms with Crippen LogP contribution in [-0.4, -0.2) is 0 Å². The molecule has 3 aliphatic carbocycles. The minimum atomic E-state index is 0.527. The Morgan fingerprint density at radius 3 is 2.20 bits per heavy atom. The zero-order chi connectivity index (χ0) is 18.6. The van der Waals surface area contributed by atoms with Crippen LogP contribution >= 0.6 is 0 Å². The highest BCUT2D eigenvalue weighted by atomic mass is 14.7. The molecule has 0 aromatic rings. The summed E-state index contributed by atoms with van der Waals surface area (Å²) < 4.78 is 0. The van der Waals surface area contributed by atoms with Crippen molar-refractivity contribution in [3.8, 4) is 0 Å². The third-order valence-corrected chi connectivity index (χ3v) is 10.5. The second-order valence-corrected chi connectivity index (χ2v) is 11.8. The van der Waals surface area contributed by atoms with E-state index in [0.29, 0.717) is 16.2 Å². The minimum absolute atomic E-state index is 0.527. The van der Waals surface area contributed by atoms with Gasteiger partial charge in [0.25, 0.3) is 0 Å². The van der Waals surface area contributed by atoms with E-state index in [4.69, 9.17) is 0 Å². The number of fused-ring (bicyclic) bond motifs is 1. The molecular formula is C25H46. The van der Waals surface area contributed by atoms with Gasteiger partial charge in [-0.1, -0.05) is 74.7 Å². The first-order chi connectivity index (χ1) is 11.6. The fourth-order valence-electron chi connectivity index (χ4n) is 8.11. The molecule has 8 unspecified atom stereocenters. The van der Waals surface area contributed by atoms with Gasteiger partial charge >= 0.3 is 0 Å². The van der Waals surface area contributed by atoms with Gasteiger partial charge in [-0.05, 0) is 83.9 Å². The molecule has 3 saturated carbocycles. The Bertz CT molecular complexity index is 476. The van der Waals surface area contributed by atoms with Crippen LogP contribution < -0.4 is 0 Å². The first-order valence-corrected chi connectivity index (χ1v) is 11.6. The van der Waals surface area contributed by atoms with Crippen LogP contribution in [0.5, 0.6) is 0 Å². The Morgan fingerprint density at radius 2 is 1.56 bits per heavy atom. The van der Waals surface area contributed by atoms with Crippen LogP contribution in [0.15, 0.2) is 0 Å². The second-order valence-electron chi connectivity index (χ2n) is 11.8. The highest BCUT2D eigenvalue weighted by Crippen LogP contribution is 2.69. The molecule has 0 heterocycles. The van der Waals surface area contributed by atoms with Gasteiger partial charge in [0.05, 0.1) is 0 Å². The fourth-order valence-corrected chi connectivity index (χ4v) is 8.11. The Morgan fingerprint density at radius 1 is 0.880 bits per heavy atom. The van der Waals surface area contributed by atoms with Crippen molar-refractivity contribution in [1.82, 2.24) is 0 Å². The van der Waals surface area contributed by atoms with Gasteiger partial charge in [-0.2, -0.15) is 0 Å². The molecule has 0 saturated heterocycles. The summed E-state index contributed by atoms with van der Waals surface area (Å²) in [7, 11) is 0. The van der Waals surface area contributed by atoms with E-state index in [0.717, 1.165) is 35.5 Å². The average Bonchev–Trinajstić information content (AvgIpc) is 2.82. The third kappa shape index (κ3) is 2.93. The lowest BCUT2D eigenvalue weighted by atomic mass is 9.50. The predicted molar refractivity (Wildman–Crippen MR) is 111 cm³/mol. The topological polar surface area (TPSA) is 0 Å². The molecule has 3 aliphatic rings. The molecule has 0 heteroatoms. The van der Waals surface area contributed by atoms with Crippen LogP contribution in [-0.2, 0) is 0 Å². The van der Waals surface area contributed by atoms with E-state index in [1.165, 1.54) is 51.4 Å². The van der Waals surface area contributed by atoms with E-state index < -0.39 is 0 Å². The molecule has 0 radical (unpaired) electrons. The zero-order valence-electron chi connectivity index (χ0n) is 18.6. The molecule has 0 spiro atoms. The summed E-state index contributed by atoms with van der Waals surface area (Å²) in [6, 6.07) is 0. The van der Waals surface area contributed by atoms with Crippen LogP contribution in [0.4, 0.5) is 0 Å². The first kappa shape index (κ1) is 19.8. The zero-order valence-corrected chi connectivity index (χ0v) is 18.6. The van der Waals surface area contributed by atoms with Crippen molar-refractivity contribution in [2.45, 2.75) is 107 Å². The van der Waals surface area contributed by atoms with E-state index in [1.54, 1.807) is 0 Å². The average molecular weight is 347 g/mol. The lowest BCUT2D eigenvalue weighted by Crippen LogP contribution is -2.48. The summed E-state index contributed by atoms with van der Waals surface area (Å²) in [5.74, 6) is 5.62. The van der Waals surface area contributed by atoms with Gasteiger partial charge in [0.1, 0.15) is 0 Å². The maximum atomic E-state index is 2.72.